The quantitative estimate of drug-likeness (QED) is 0.815. The first-order valence-electron chi connectivity index (χ1n) is 6.63. The third kappa shape index (κ3) is 3.01. The molecule has 114 valence electrons. The van der Waals surface area contributed by atoms with Gasteiger partial charge in [0, 0.05) is 26.2 Å². The maximum Gasteiger partial charge on any atom is 0.409 e. The summed E-state index contributed by atoms with van der Waals surface area (Å²) in [5.41, 5.74) is 6.69. The average molecular weight is 293 g/mol. The van der Waals surface area contributed by atoms with Crippen molar-refractivity contribution in [2.75, 3.05) is 46.1 Å². The number of amides is 2. The number of benzene rings is 1. The van der Waals surface area contributed by atoms with Crippen LogP contribution in [-0.2, 0) is 4.74 Å². The summed E-state index contributed by atoms with van der Waals surface area (Å²) in [5.74, 6) is 0.324. The maximum atomic E-state index is 12.5. The van der Waals surface area contributed by atoms with Crippen LogP contribution in [0.1, 0.15) is 10.4 Å². The van der Waals surface area contributed by atoms with Crippen LogP contribution >= 0.6 is 0 Å². The van der Waals surface area contributed by atoms with Crippen LogP contribution in [0, 0.1) is 0 Å². The molecule has 0 saturated carbocycles. The highest BCUT2D eigenvalue weighted by Gasteiger charge is 2.26. The van der Waals surface area contributed by atoms with Crippen LogP contribution in [0.15, 0.2) is 18.2 Å². The van der Waals surface area contributed by atoms with Gasteiger partial charge in [-0.15, -0.1) is 0 Å². The van der Waals surface area contributed by atoms with Crippen molar-refractivity contribution in [1.29, 1.82) is 0 Å². The zero-order valence-corrected chi connectivity index (χ0v) is 12.2. The van der Waals surface area contributed by atoms with Crippen molar-refractivity contribution in [3.8, 4) is 5.75 Å². The van der Waals surface area contributed by atoms with Crippen molar-refractivity contribution in [2.24, 2.45) is 0 Å². The first-order chi connectivity index (χ1) is 10.1. The van der Waals surface area contributed by atoms with Crippen LogP contribution in [0.25, 0.3) is 0 Å². The molecule has 0 aliphatic carbocycles. The number of para-hydroxylation sites is 1. The number of hydrogen-bond acceptors (Lipinski definition) is 5. The van der Waals surface area contributed by atoms with Crippen molar-refractivity contribution in [3.63, 3.8) is 0 Å². The fraction of sp³-hybridized carbons (Fsp3) is 0.429. The third-order valence-corrected chi connectivity index (χ3v) is 3.52. The monoisotopic (exact) mass is 293 g/mol. The molecule has 1 aliphatic rings. The largest absolute Gasteiger partial charge is 0.495 e. The van der Waals surface area contributed by atoms with E-state index in [0.29, 0.717) is 43.2 Å². The van der Waals surface area contributed by atoms with Gasteiger partial charge in [0.15, 0.2) is 0 Å². The summed E-state index contributed by atoms with van der Waals surface area (Å²) in [6, 6.07) is 5.11. The number of carbonyl (C=O) groups excluding carboxylic acids is 2. The van der Waals surface area contributed by atoms with E-state index in [4.69, 9.17) is 10.5 Å². The van der Waals surface area contributed by atoms with E-state index in [2.05, 4.69) is 4.74 Å². The Kier molecular flexibility index (Phi) is 4.52. The van der Waals surface area contributed by atoms with Crippen LogP contribution < -0.4 is 10.5 Å². The van der Waals surface area contributed by atoms with E-state index in [9.17, 15) is 9.59 Å². The fourth-order valence-corrected chi connectivity index (χ4v) is 2.30. The van der Waals surface area contributed by atoms with E-state index in [-0.39, 0.29) is 12.0 Å². The van der Waals surface area contributed by atoms with E-state index in [1.54, 1.807) is 28.0 Å². The van der Waals surface area contributed by atoms with Crippen LogP contribution in [0.2, 0.25) is 0 Å². The Morgan fingerprint density at radius 2 is 1.71 bits per heavy atom. The Labute approximate surface area is 123 Å². The molecule has 1 fully saturated rings. The van der Waals surface area contributed by atoms with Gasteiger partial charge >= 0.3 is 6.09 Å². The molecule has 7 nitrogen and oxygen atoms in total. The maximum absolute atomic E-state index is 12.5. The summed E-state index contributed by atoms with van der Waals surface area (Å²) in [4.78, 5) is 27.1. The molecule has 2 N–H and O–H groups in total. The molecule has 2 rings (SSSR count). The highest BCUT2D eigenvalue weighted by atomic mass is 16.5. The molecule has 0 radical (unpaired) electrons. The molecule has 0 bridgehead atoms. The van der Waals surface area contributed by atoms with Gasteiger partial charge < -0.3 is 25.0 Å². The second-order valence-electron chi connectivity index (χ2n) is 4.67. The van der Waals surface area contributed by atoms with Crippen molar-refractivity contribution in [3.05, 3.63) is 23.8 Å². The summed E-state index contributed by atoms with van der Waals surface area (Å²) in [5, 5.41) is 0. The van der Waals surface area contributed by atoms with Crippen molar-refractivity contribution in [1.82, 2.24) is 9.80 Å². The van der Waals surface area contributed by atoms with Gasteiger partial charge in [0.25, 0.3) is 5.91 Å². The van der Waals surface area contributed by atoms with Gasteiger partial charge in [0.05, 0.1) is 25.5 Å². The zero-order chi connectivity index (χ0) is 15.4. The summed E-state index contributed by atoms with van der Waals surface area (Å²) >= 11 is 0. The van der Waals surface area contributed by atoms with Gasteiger partial charge in [-0.05, 0) is 12.1 Å². The number of rotatable bonds is 2. The van der Waals surface area contributed by atoms with Crippen LogP contribution in [0.3, 0.4) is 0 Å². The van der Waals surface area contributed by atoms with E-state index >= 15 is 0 Å². The summed E-state index contributed by atoms with van der Waals surface area (Å²) < 4.78 is 9.79. The molecule has 2 amide bonds. The van der Waals surface area contributed by atoms with Gasteiger partial charge in [0.2, 0.25) is 0 Å². The number of methoxy groups -OCH3 is 2. The smallest absolute Gasteiger partial charge is 0.409 e. The Hall–Kier alpha value is -2.44. The third-order valence-electron chi connectivity index (χ3n) is 3.52. The lowest BCUT2D eigenvalue weighted by Crippen LogP contribution is -2.50. The Morgan fingerprint density at radius 1 is 1.10 bits per heavy atom. The molecule has 1 aromatic rings. The van der Waals surface area contributed by atoms with Gasteiger partial charge in [-0.25, -0.2) is 4.79 Å². The predicted molar refractivity (Wildman–Crippen MR) is 77.3 cm³/mol. The summed E-state index contributed by atoms with van der Waals surface area (Å²) in [6.45, 7) is 1.79. The molecular formula is C14H19N3O4. The molecule has 1 heterocycles. The molecule has 0 atom stereocenters. The number of carbonyl (C=O) groups is 2. The molecule has 1 aliphatic heterocycles. The second kappa shape index (κ2) is 6.34. The summed E-state index contributed by atoms with van der Waals surface area (Å²) in [7, 11) is 2.85. The minimum atomic E-state index is -0.372. The minimum Gasteiger partial charge on any atom is -0.495 e. The van der Waals surface area contributed by atoms with Gasteiger partial charge in [-0.3, -0.25) is 4.79 Å². The highest BCUT2D eigenvalue weighted by molar-refractivity contribution is 6.00. The van der Waals surface area contributed by atoms with Crippen molar-refractivity contribution in [2.45, 2.75) is 0 Å². The van der Waals surface area contributed by atoms with Crippen LogP contribution in [0.5, 0.6) is 5.75 Å². The number of nitrogens with zero attached hydrogens (tertiary/aromatic N) is 2. The first kappa shape index (κ1) is 15.0. The number of ether oxygens (including phenoxy) is 2. The van der Waals surface area contributed by atoms with Crippen LogP contribution in [-0.4, -0.2) is 62.2 Å². The van der Waals surface area contributed by atoms with E-state index in [0.717, 1.165) is 0 Å². The predicted octanol–water partition coefficient (Wildman–Crippen LogP) is 0.802. The molecule has 21 heavy (non-hydrogen) atoms. The Balaban J connectivity index is 2.07. The number of anilines is 1. The fourth-order valence-electron chi connectivity index (χ4n) is 2.30. The SMILES string of the molecule is COC(=O)N1CCN(C(=O)c2cccc(OC)c2N)CC1. The molecule has 7 heteroatoms. The zero-order valence-electron chi connectivity index (χ0n) is 12.2. The van der Waals surface area contributed by atoms with Crippen molar-refractivity contribution >= 4 is 17.7 Å². The molecule has 0 unspecified atom stereocenters. The normalized spacial score (nSPS) is 14.8. The second-order valence-corrected chi connectivity index (χ2v) is 4.67. The number of piperazine rings is 1. The molecule has 0 aromatic heterocycles. The molecule has 1 aromatic carbocycles. The lowest BCUT2D eigenvalue weighted by atomic mass is 10.1. The first-order valence-corrected chi connectivity index (χ1v) is 6.63. The number of hydrogen-bond donors (Lipinski definition) is 1. The highest BCUT2D eigenvalue weighted by Crippen LogP contribution is 2.26. The average Bonchev–Trinajstić information content (AvgIpc) is 2.54. The number of nitrogens with two attached hydrogens (primary N) is 1. The van der Waals surface area contributed by atoms with Crippen LogP contribution in [0.4, 0.5) is 10.5 Å². The van der Waals surface area contributed by atoms with E-state index < -0.39 is 0 Å². The Morgan fingerprint density at radius 3 is 2.29 bits per heavy atom. The Bertz CT molecular complexity index is 539. The molecule has 0 spiro atoms. The van der Waals surface area contributed by atoms with E-state index in [1.165, 1.54) is 14.2 Å². The van der Waals surface area contributed by atoms with Gasteiger partial charge in [-0.1, -0.05) is 6.07 Å². The lowest BCUT2D eigenvalue weighted by molar-refractivity contribution is 0.0600. The summed E-state index contributed by atoms with van der Waals surface area (Å²) in [6.07, 6.45) is -0.372. The minimum absolute atomic E-state index is 0.157. The van der Waals surface area contributed by atoms with E-state index in [1.807, 2.05) is 0 Å². The van der Waals surface area contributed by atoms with Gasteiger partial charge in [-0.2, -0.15) is 0 Å². The lowest BCUT2D eigenvalue weighted by Gasteiger charge is -2.34. The van der Waals surface area contributed by atoms with Gasteiger partial charge in [0.1, 0.15) is 5.75 Å². The molecule has 1 saturated heterocycles. The molecular weight excluding hydrogens is 274 g/mol. The topological polar surface area (TPSA) is 85.1 Å². The number of nitrogen functional groups attached to an aromatic ring is 1. The van der Waals surface area contributed by atoms with Crippen molar-refractivity contribution < 1.29 is 19.1 Å². The standard InChI is InChI=1S/C14H19N3O4/c1-20-11-5-3-4-10(12(11)15)13(18)16-6-8-17(9-7-16)14(19)21-2/h3-5H,6-9,15H2,1-2H3.